The quantitative estimate of drug-likeness (QED) is 0.0660. The Morgan fingerprint density at radius 3 is 0.491 bits per heavy atom. The zero-order valence-corrected chi connectivity index (χ0v) is 49.4. The van der Waals surface area contributed by atoms with E-state index in [1.807, 2.05) is 0 Å². The normalized spacial score (nSPS) is 11.0. The standard InChI is InChI=1S/C34H64O13.6Y/c1-7-35-13-19-41-25-33(26-42-20-14-36-8-2,27-43-21-15-37-9-3)31-47-32-34(28-44-22-16-38-10-4,29-45-23-17-39-11-5)30-46-24-18-40-12-6;;;;;;/h1-32H2;;;;;;/q-6;;;;;;. The van der Waals surface area contributed by atoms with Crippen molar-refractivity contribution in [1.29, 1.82) is 0 Å². The molecule has 0 aliphatic carbocycles. The Kier molecular flexibility index (Phi) is 80.6. The van der Waals surface area contributed by atoms with Gasteiger partial charge in [0.1, 0.15) is 0 Å². The third kappa shape index (κ3) is 47.4. The second-order valence-corrected chi connectivity index (χ2v) is 10.5. The van der Waals surface area contributed by atoms with Gasteiger partial charge >= 0.3 is 0 Å². The summed E-state index contributed by atoms with van der Waals surface area (Å²) < 4.78 is 74.9. The monoisotopic (exact) mass is 1210 g/mol. The van der Waals surface area contributed by atoms with Crippen molar-refractivity contribution in [2.24, 2.45) is 10.8 Å². The minimum absolute atomic E-state index is 0. The van der Waals surface area contributed by atoms with Crippen LogP contribution in [0.5, 0.6) is 0 Å². The second kappa shape index (κ2) is 58.1. The number of hydrogen-bond donors (Lipinski definition) is 0. The van der Waals surface area contributed by atoms with Gasteiger partial charge in [0.05, 0.1) is 143 Å². The Bertz CT molecular complexity index is 519. The van der Waals surface area contributed by atoms with Gasteiger partial charge in [0.2, 0.25) is 0 Å². The molecule has 0 N–H and O–H groups in total. The summed E-state index contributed by atoms with van der Waals surface area (Å²) in [5.74, 6) is 0. The van der Waals surface area contributed by atoms with Crippen LogP contribution in [0.1, 0.15) is 0 Å². The zero-order chi connectivity index (χ0) is 34.6. The van der Waals surface area contributed by atoms with Crippen LogP contribution in [0.15, 0.2) is 0 Å². The fourth-order valence-corrected chi connectivity index (χ4v) is 4.04. The summed E-state index contributed by atoms with van der Waals surface area (Å²) in [6.07, 6.45) is 0. The largest absolute Gasteiger partial charge is 0.411 e. The molecule has 0 heterocycles. The van der Waals surface area contributed by atoms with Crippen molar-refractivity contribution in [3.63, 3.8) is 0 Å². The van der Waals surface area contributed by atoms with Crippen molar-refractivity contribution < 1.29 is 258 Å². The molecule has 0 aliphatic heterocycles. The first-order chi connectivity index (χ1) is 23.1. The molecule has 0 aromatic rings. The number of ether oxygens (including phenoxy) is 13. The molecule has 0 fully saturated rings. The fraction of sp³-hybridized carbons (Fsp3) is 0.824. The molecule has 0 bridgehead atoms. The van der Waals surface area contributed by atoms with Crippen molar-refractivity contribution in [2.75, 3.05) is 172 Å². The van der Waals surface area contributed by atoms with Crippen molar-refractivity contribution >= 4 is 0 Å². The van der Waals surface area contributed by atoms with Crippen LogP contribution in [0.25, 0.3) is 0 Å². The molecule has 0 aromatic carbocycles. The minimum Gasteiger partial charge on any atom is -0.411 e. The maximum absolute atomic E-state index is 6.51. The first-order valence-corrected chi connectivity index (χ1v) is 16.3. The molecular weight excluding hydrogens is 1150 g/mol. The van der Waals surface area contributed by atoms with Crippen LogP contribution in [0.4, 0.5) is 0 Å². The van der Waals surface area contributed by atoms with E-state index in [1.54, 1.807) is 0 Å². The van der Waals surface area contributed by atoms with E-state index in [4.69, 9.17) is 61.6 Å². The molecule has 0 spiro atoms. The van der Waals surface area contributed by atoms with Gasteiger partial charge in [-0.25, -0.2) is 0 Å². The molecule has 0 amide bonds. The molecule has 0 atom stereocenters. The van der Waals surface area contributed by atoms with Crippen LogP contribution >= 0.6 is 0 Å². The van der Waals surface area contributed by atoms with Gasteiger partial charge in [-0.3, -0.25) is 0 Å². The van der Waals surface area contributed by atoms with Gasteiger partial charge in [-0.05, 0) is 0 Å². The maximum atomic E-state index is 6.51. The van der Waals surface area contributed by atoms with Crippen molar-refractivity contribution in [3.05, 3.63) is 41.5 Å². The topological polar surface area (TPSA) is 120 Å². The van der Waals surface area contributed by atoms with Crippen LogP contribution in [0.3, 0.4) is 0 Å². The summed E-state index contributed by atoms with van der Waals surface area (Å²) in [4.78, 5) is 0. The van der Waals surface area contributed by atoms with Gasteiger partial charge in [0, 0.05) is 196 Å². The zero-order valence-electron chi connectivity index (χ0n) is 32.4. The van der Waals surface area contributed by atoms with E-state index < -0.39 is 10.8 Å². The summed E-state index contributed by atoms with van der Waals surface area (Å²) in [6.45, 7) is 31.4. The Morgan fingerprint density at radius 2 is 0.340 bits per heavy atom. The van der Waals surface area contributed by atoms with Gasteiger partial charge < -0.3 is 103 Å². The van der Waals surface area contributed by atoms with Crippen molar-refractivity contribution in [3.8, 4) is 0 Å². The van der Waals surface area contributed by atoms with E-state index >= 15 is 0 Å². The first-order valence-electron chi connectivity index (χ1n) is 16.3. The van der Waals surface area contributed by atoms with Crippen molar-refractivity contribution in [2.45, 2.75) is 0 Å². The fourth-order valence-electron chi connectivity index (χ4n) is 4.04. The molecule has 0 aromatic heterocycles. The summed E-state index contributed by atoms with van der Waals surface area (Å²) in [5, 5.41) is 0. The second-order valence-electron chi connectivity index (χ2n) is 10.5. The molecule has 6 radical (unpaired) electrons. The minimum atomic E-state index is -0.667. The summed E-state index contributed by atoms with van der Waals surface area (Å²) in [5.41, 5.74) is -1.33. The average Bonchev–Trinajstić information content (AvgIpc) is 3.07. The van der Waals surface area contributed by atoms with E-state index in [-0.39, 0.29) is 209 Å². The molecular formula is C34H64O13Y6-6. The molecule has 0 saturated heterocycles. The molecule has 0 rings (SSSR count). The molecule has 0 aliphatic rings. The molecule has 0 unspecified atom stereocenters. The van der Waals surface area contributed by atoms with E-state index in [0.29, 0.717) is 159 Å². The van der Waals surface area contributed by atoms with Crippen LogP contribution in [-0.2, 0) is 258 Å². The van der Waals surface area contributed by atoms with Crippen LogP contribution in [0, 0.1) is 52.4 Å². The third-order valence-electron chi connectivity index (χ3n) is 6.36. The van der Waals surface area contributed by atoms with Gasteiger partial charge in [0.15, 0.2) is 0 Å². The Hall–Kier alpha value is 6.10. The number of hydrogen-bond acceptors (Lipinski definition) is 13. The van der Waals surface area contributed by atoms with Gasteiger partial charge in [-0.1, -0.05) is 39.6 Å². The summed E-state index contributed by atoms with van der Waals surface area (Å²) >= 11 is 0. The van der Waals surface area contributed by atoms with Crippen molar-refractivity contribution in [1.82, 2.24) is 0 Å². The van der Waals surface area contributed by atoms with Crippen LogP contribution in [0.2, 0.25) is 0 Å². The van der Waals surface area contributed by atoms with Crippen LogP contribution in [-0.4, -0.2) is 172 Å². The third-order valence-corrected chi connectivity index (χ3v) is 6.36. The number of rotatable bonds is 40. The SMILES string of the molecule is [CH2-]COCCOCC(COCCOC[CH2-])(COCCOC[CH2-])COCC(COCCOC[CH2-])(COCCOC[CH2-])COCCOC[CH2-].[Y].[Y].[Y].[Y].[Y].[Y]. The van der Waals surface area contributed by atoms with Gasteiger partial charge in [-0.2, -0.15) is 0 Å². The maximum Gasteiger partial charge on any atom is 0.0699 e. The average molecular weight is 1210 g/mol. The first kappa shape index (κ1) is 73.5. The predicted molar refractivity (Wildman–Crippen MR) is 178 cm³/mol. The van der Waals surface area contributed by atoms with E-state index in [2.05, 4.69) is 41.5 Å². The smallest absolute Gasteiger partial charge is 0.0699 e. The molecule has 13 nitrogen and oxygen atoms in total. The van der Waals surface area contributed by atoms with E-state index in [9.17, 15) is 0 Å². The van der Waals surface area contributed by atoms with Gasteiger partial charge in [-0.15, -0.1) is 0 Å². The summed E-state index contributed by atoms with van der Waals surface area (Å²) in [7, 11) is 0. The van der Waals surface area contributed by atoms with Gasteiger partial charge in [0.25, 0.3) is 0 Å². The Morgan fingerprint density at radius 1 is 0.208 bits per heavy atom. The molecule has 53 heavy (non-hydrogen) atoms. The van der Waals surface area contributed by atoms with E-state index in [0.717, 1.165) is 0 Å². The Labute approximate surface area is 474 Å². The molecule has 19 heteroatoms. The van der Waals surface area contributed by atoms with Crippen LogP contribution < -0.4 is 0 Å². The Balaban J connectivity index is -0.000000705. The molecule has 0 saturated carbocycles. The summed E-state index contributed by atoms with van der Waals surface area (Å²) in [6, 6.07) is 0. The van der Waals surface area contributed by atoms with E-state index in [1.165, 1.54) is 0 Å². The molecule has 302 valence electrons. The predicted octanol–water partition coefficient (Wildman–Crippen LogP) is 2.16.